The van der Waals surface area contributed by atoms with E-state index in [1.807, 2.05) is 43.3 Å². The quantitative estimate of drug-likeness (QED) is 0.861. The second-order valence-corrected chi connectivity index (χ2v) is 6.02. The first-order valence-electron chi connectivity index (χ1n) is 6.28. The molecule has 2 rings (SSSR count). The van der Waals surface area contributed by atoms with E-state index < -0.39 is 6.10 Å². The highest BCUT2D eigenvalue weighted by molar-refractivity contribution is 9.10. The SMILES string of the molecule is COc1ccc(Br)cc1CC(O)c1ccc(C)cc1Cl. The Labute approximate surface area is 132 Å². The van der Waals surface area contributed by atoms with Crippen molar-refractivity contribution in [3.05, 3.63) is 62.6 Å². The molecule has 2 nitrogen and oxygen atoms in total. The number of aryl methyl sites for hydroxylation is 1. The van der Waals surface area contributed by atoms with Crippen molar-refractivity contribution in [2.24, 2.45) is 0 Å². The number of halogens is 2. The summed E-state index contributed by atoms with van der Waals surface area (Å²) < 4.78 is 6.28. The number of rotatable bonds is 4. The van der Waals surface area contributed by atoms with Crippen LogP contribution in [0.1, 0.15) is 22.8 Å². The van der Waals surface area contributed by atoms with Crippen LogP contribution >= 0.6 is 27.5 Å². The topological polar surface area (TPSA) is 29.5 Å². The van der Waals surface area contributed by atoms with Crippen molar-refractivity contribution < 1.29 is 9.84 Å². The lowest BCUT2D eigenvalue weighted by atomic mass is 10.00. The molecule has 106 valence electrons. The lowest BCUT2D eigenvalue weighted by Gasteiger charge is -2.15. The average Bonchev–Trinajstić information content (AvgIpc) is 2.38. The standard InChI is InChI=1S/C16H16BrClO2/c1-10-3-5-13(14(18)7-10)15(19)9-11-8-12(17)4-6-16(11)20-2/h3-8,15,19H,9H2,1-2H3. The van der Waals surface area contributed by atoms with E-state index in [-0.39, 0.29) is 0 Å². The number of aliphatic hydroxyl groups excluding tert-OH is 1. The third kappa shape index (κ3) is 3.54. The van der Waals surface area contributed by atoms with Crippen molar-refractivity contribution in [3.8, 4) is 5.75 Å². The molecule has 0 saturated carbocycles. The predicted octanol–water partition coefficient (Wildman–Crippen LogP) is 4.70. The maximum absolute atomic E-state index is 10.4. The van der Waals surface area contributed by atoms with Crippen LogP contribution in [-0.2, 0) is 6.42 Å². The van der Waals surface area contributed by atoms with Crippen molar-refractivity contribution in [3.63, 3.8) is 0 Å². The van der Waals surface area contributed by atoms with Gasteiger partial charge in [-0.2, -0.15) is 0 Å². The summed E-state index contributed by atoms with van der Waals surface area (Å²) in [5.74, 6) is 0.760. The van der Waals surface area contributed by atoms with Crippen LogP contribution in [0, 0.1) is 6.92 Å². The summed E-state index contributed by atoms with van der Waals surface area (Å²) in [4.78, 5) is 0. The second kappa shape index (κ2) is 6.61. The van der Waals surface area contributed by atoms with Gasteiger partial charge in [0.2, 0.25) is 0 Å². The van der Waals surface area contributed by atoms with E-state index in [0.717, 1.165) is 26.9 Å². The molecule has 0 aromatic heterocycles. The maximum atomic E-state index is 10.4. The van der Waals surface area contributed by atoms with Crippen LogP contribution in [0.15, 0.2) is 40.9 Å². The van der Waals surface area contributed by atoms with Gasteiger partial charge in [0.15, 0.2) is 0 Å². The van der Waals surface area contributed by atoms with Gasteiger partial charge in [-0.25, -0.2) is 0 Å². The molecule has 0 aliphatic carbocycles. The minimum atomic E-state index is -0.661. The number of methoxy groups -OCH3 is 1. The highest BCUT2D eigenvalue weighted by Gasteiger charge is 2.15. The van der Waals surface area contributed by atoms with Crippen molar-refractivity contribution in [1.29, 1.82) is 0 Å². The maximum Gasteiger partial charge on any atom is 0.122 e. The molecule has 1 N–H and O–H groups in total. The van der Waals surface area contributed by atoms with Crippen molar-refractivity contribution >= 4 is 27.5 Å². The molecule has 0 amide bonds. The van der Waals surface area contributed by atoms with Gasteiger partial charge in [-0.15, -0.1) is 0 Å². The molecule has 0 radical (unpaired) electrons. The zero-order valence-electron chi connectivity index (χ0n) is 11.4. The van der Waals surface area contributed by atoms with Gasteiger partial charge in [0.1, 0.15) is 5.75 Å². The summed E-state index contributed by atoms with van der Waals surface area (Å²) in [6, 6.07) is 11.4. The van der Waals surface area contributed by atoms with Crippen molar-refractivity contribution in [2.45, 2.75) is 19.4 Å². The summed E-state index contributed by atoms with van der Waals surface area (Å²) in [5.41, 5.74) is 2.75. The Morgan fingerprint density at radius 3 is 2.65 bits per heavy atom. The Bertz CT molecular complexity index is 613. The minimum Gasteiger partial charge on any atom is -0.496 e. The molecule has 0 aliphatic heterocycles. The normalized spacial score (nSPS) is 12.2. The third-order valence-corrected chi connectivity index (χ3v) is 3.99. The predicted molar refractivity (Wildman–Crippen MR) is 85.5 cm³/mol. The first-order valence-corrected chi connectivity index (χ1v) is 7.45. The fourth-order valence-corrected chi connectivity index (χ4v) is 2.90. The highest BCUT2D eigenvalue weighted by Crippen LogP contribution is 2.31. The number of hydrogen-bond donors (Lipinski definition) is 1. The molecule has 1 atom stereocenters. The molecule has 0 fully saturated rings. The van der Waals surface area contributed by atoms with E-state index in [0.29, 0.717) is 11.4 Å². The first kappa shape index (κ1) is 15.4. The number of hydrogen-bond acceptors (Lipinski definition) is 2. The van der Waals surface area contributed by atoms with Crippen molar-refractivity contribution in [2.75, 3.05) is 7.11 Å². The van der Waals surface area contributed by atoms with Crippen LogP contribution in [-0.4, -0.2) is 12.2 Å². The molecule has 0 heterocycles. The Hall–Kier alpha value is -1.03. The lowest BCUT2D eigenvalue weighted by Crippen LogP contribution is -2.04. The van der Waals surface area contributed by atoms with Gasteiger partial charge in [-0.05, 0) is 47.9 Å². The summed E-state index contributed by atoms with van der Waals surface area (Å²) >= 11 is 9.63. The van der Waals surface area contributed by atoms with Gasteiger partial charge in [0.25, 0.3) is 0 Å². The van der Waals surface area contributed by atoms with Crippen LogP contribution in [0.3, 0.4) is 0 Å². The molecule has 0 bridgehead atoms. The summed E-state index contributed by atoms with van der Waals surface area (Å²) in [6.07, 6.45) is -0.211. The van der Waals surface area contributed by atoms with Gasteiger partial charge in [0.05, 0.1) is 13.2 Å². The summed E-state index contributed by atoms with van der Waals surface area (Å²) in [6.45, 7) is 1.97. The van der Waals surface area contributed by atoms with E-state index in [2.05, 4.69) is 15.9 Å². The number of aliphatic hydroxyl groups is 1. The van der Waals surface area contributed by atoms with E-state index in [4.69, 9.17) is 16.3 Å². The van der Waals surface area contributed by atoms with Crippen LogP contribution in [0.25, 0.3) is 0 Å². The Kier molecular flexibility index (Phi) is 5.08. The van der Waals surface area contributed by atoms with E-state index in [1.165, 1.54) is 0 Å². The Balaban J connectivity index is 2.27. The minimum absolute atomic E-state index is 0.450. The molecule has 1 unspecified atom stereocenters. The molecule has 0 saturated heterocycles. The monoisotopic (exact) mass is 354 g/mol. The molecule has 2 aromatic carbocycles. The van der Waals surface area contributed by atoms with Crippen LogP contribution in [0.4, 0.5) is 0 Å². The zero-order chi connectivity index (χ0) is 14.7. The van der Waals surface area contributed by atoms with Gasteiger partial charge in [-0.1, -0.05) is 39.7 Å². The smallest absolute Gasteiger partial charge is 0.122 e. The molecule has 0 aliphatic rings. The van der Waals surface area contributed by atoms with E-state index in [1.54, 1.807) is 7.11 Å². The Morgan fingerprint density at radius 1 is 1.25 bits per heavy atom. The molecular formula is C16H16BrClO2. The summed E-state index contributed by atoms with van der Waals surface area (Å²) in [7, 11) is 1.62. The first-order chi connectivity index (χ1) is 9.51. The van der Waals surface area contributed by atoms with Crippen LogP contribution in [0.2, 0.25) is 5.02 Å². The fraction of sp³-hybridized carbons (Fsp3) is 0.250. The lowest BCUT2D eigenvalue weighted by molar-refractivity contribution is 0.177. The zero-order valence-corrected chi connectivity index (χ0v) is 13.7. The van der Waals surface area contributed by atoms with Crippen molar-refractivity contribution in [1.82, 2.24) is 0 Å². The highest BCUT2D eigenvalue weighted by atomic mass is 79.9. The second-order valence-electron chi connectivity index (χ2n) is 4.70. The van der Waals surface area contributed by atoms with Gasteiger partial charge in [0, 0.05) is 15.9 Å². The van der Waals surface area contributed by atoms with E-state index >= 15 is 0 Å². The third-order valence-electron chi connectivity index (χ3n) is 3.17. The van der Waals surface area contributed by atoms with Gasteiger partial charge in [-0.3, -0.25) is 0 Å². The number of benzene rings is 2. The molecule has 0 spiro atoms. The van der Waals surface area contributed by atoms with Crippen LogP contribution in [0.5, 0.6) is 5.75 Å². The average molecular weight is 356 g/mol. The van der Waals surface area contributed by atoms with E-state index in [9.17, 15) is 5.11 Å². The van der Waals surface area contributed by atoms with Gasteiger partial charge >= 0.3 is 0 Å². The fourth-order valence-electron chi connectivity index (χ4n) is 2.13. The molecule has 4 heteroatoms. The molecular weight excluding hydrogens is 340 g/mol. The Morgan fingerprint density at radius 2 is 2.00 bits per heavy atom. The number of ether oxygens (including phenoxy) is 1. The van der Waals surface area contributed by atoms with Crippen LogP contribution < -0.4 is 4.74 Å². The van der Waals surface area contributed by atoms with Gasteiger partial charge < -0.3 is 9.84 Å². The molecule has 20 heavy (non-hydrogen) atoms. The summed E-state index contributed by atoms with van der Waals surface area (Å²) in [5, 5.41) is 11.0. The molecule has 2 aromatic rings. The largest absolute Gasteiger partial charge is 0.496 e.